The normalized spacial score (nSPS) is 18.8. The third-order valence-electron chi connectivity index (χ3n) is 3.59. The van der Waals surface area contributed by atoms with Crippen LogP contribution >= 0.6 is 0 Å². The van der Waals surface area contributed by atoms with Crippen LogP contribution in [0.3, 0.4) is 0 Å². The quantitative estimate of drug-likeness (QED) is 0.856. The summed E-state index contributed by atoms with van der Waals surface area (Å²) >= 11 is 0. The molecule has 6 heteroatoms. The van der Waals surface area contributed by atoms with Crippen LogP contribution in [-0.4, -0.2) is 24.6 Å². The number of aromatic nitrogens is 2. The Morgan fingerprint density at radius 3 is 2.67 bits per heavy atom. The second-order valence-electron chi connectivity index (χ2n) is 5.02. The highest BCUT2D eigenvalue weighted by molar-refractivity contribution is 7.91. The zero-order chi connectivity index (χ0) is 13.0. The minimum absolute atomic E-state index is 0.255. The Kier molecular flexibility index (Phi) is 2.30. The van der Waals surface area contributed by atoms with E-state index < -0.39 is 15.4 Å². The first-order valence-electron chi connectivity index (χ1n) is 5.88. The summed E-state index contributed by atoms with van der Waals surface area (Å²) in [7, 11) is -3.27. The molecule has 1 heterocycles. The minimum Gasteiger partial charge on any atom is -0.340 e. The molecule has 0 spiro atoms. The first-order valence-corrected chi connectivity index (χ1v) is 7.77. The number of hydrogen-bond donors (Lipinski definition) is 2. The van der Waals surface area contributed by atoms with Gasteiger partial charge in [0.2, 0.25) is 0 Å². The van der Waals surface area contributed by atoms with Crippen LogP contribution in [0.1, 0.15) is 25.1 Å². The summed E-state index contributed by atoms with van der Waals surface area (Å²) in [5, 5.41) is 0. The third-order valence-corrected chi connectivity index (χ3v) is 4.72. The van der Waals surface area contributed by atoms with Crippen LogP contribution in [0, 0.1) is 0 Å². The molecule has 18 heavy (non-hydrogen) atoms. The largest absolute Gasteiger partial charge is 0.340 e. The van der Waals surface area contributed by atoms with Gasteiger partial charge in [0.25, 0.3) is 0 Å². The molecular formula is C12H15N3O2S. The number of imidazole rings is 1. The van der Waals surface area contributed by atoms with Gasteiger partial charge in [0.05, 0.1) is 16.0 Å². The summed E-state index contributed by atoms with van der Waals surface area (Å²) in [6.45, 7) is 0. The van der Waals surface area contributed by atoms with Crippen molar-refractivity contribution in [2.45, 2.75) is 29.7 Å². The summed E-state index contributed by atoms with van der Waals surface area (Å²) < 4.78 is 23.4. The van der Waals surface area contributed by atoms with Gasteiger partial charge < -0.3 is 10.7 Å². The van der Waals surface area contributed by atoms with E-state index in [2.05, 4.69) is 9.97 Å². The van der Waals surface area contributed by atoms with Gasteiger partial charge in [0.15, 0.2) is 9.84 Å². The van der Waals surface area contributed by atoms with Gasteiger partial charge in [0, 0.05) is 6.26 Å². The molecule has 0 saturated heterocycles. The Morgan fingerprint density at radius 2 is 2.11 bits per heavy atom. The lowest BCUT2D eigenvalue weighted by Gasteiger charge is -2.35. The number of fused-ring (bicyclic) bond motifs is 1. The van der Waals surface area contributed by atoms with Crippen molar-refractivity contribution in [1.29, 1.82) is 0 Å². The Bertz CT molecular complexity index is 714. The molecule has 2 aromatic rings. The highest BCUT2D eigenvalue weighted by Crippen LogP contribution is 2.38. The van der Waals surface area contributed by atoms with Crippen molar-refractivity contribution in [3.8, 4) is 0 Å². The van der Waals surface area contributed by atoms with Crippen molar-refractivity contribution >= 4 is 20.9 Å². The second kappa shape index (κ2) is 3.55. The van der Waals surface area contributed by atoms with E-state index in [1.807, 2.05) is 6.07 Å². The number of benzene rings is 1. The first kappa shape index (κ1) is 11.7. The molecule has 0 atom stereocenters. The molecule has 0 amide bonds. The number of nitrogens with two attached hydrogens (primary N) is 1. The maximum atomic E-state index is 11.7. The molecule has 1 aromatic heterocycles. The molecule has 0 aliphatic heterocycles. The van der Waals surface area contributed by atoms with Crippen LogP contribution in [-0.2, 0) is 15.4 Å². The lowest BCUT2D eigenvalue weighted by molar-refractivity contribution is 0.240. The Balaban J connectivity index is 2.24. The van der Waals surface area contributed by atoms with Crippen molar-refractivity contribution in [1.82, 2.24) is 9.97 Å². The van der Waals surface area contributed by atoms with Gasteiger partial charge in [-0.25, -0.2) is 13.4 Å². The molecule has 1 aliphatic carbocycles. The molecule has 0 unspecified atom stereocenters. The molecule has 0 bridgehead atoms. The van der Waals surface area contributed by atoms with E-state index in [9.17, 15) is 8.42 Å². The highest BCUT2D eigenvalue weighted by Gasteiger charge is 2.37. The van der Waals surface area contributed by atoms with Gasteiger partial charge in [-0.05, 0) is 31.4 Å². The molecule has 1 saturated carbocycles. The van der Waals surface area contributed by atoms with Crippen molar-refractivity contribution in [2.75, 3.05) is 6.26 Å². The van der Waals surface area contributed by atoms with E-state index in [0.717, 1.165) is 24.8 Å². The Labute approximate surface area is 105 Å². The van der Waals surface area contributed by atoms with Crippen LogP contribution in [0.25, 0.3) is 11.0 Å². The molecule has 5 nitrogen and oxygen atoms in total. The van der Waals surface area contributed by atoms with E-state index in [4.69, 9.17) is 5.73 Å². The standard InChI is InChI=1S/C12H15N3O2S/c1-18(16,17)9-5-2-4-8-10(9)15-11(14-8)12(13)6-3-7-12/h2,4-5H,3,6-7,13H2,1H3,(H,14,15). The smallest absolute Gasteiger partial charge is 0.177 e. The van der Waals surface area contributed by atoms with Crippen LogP contribution in [0.15, 0.2) is 23.1 Å². The summed E-state index contributed by atoms with van der Waals surface area (Å²) in [5.74, 6) is 0.694. The summed E-state index contributed by atoms with van der Waals surface area (Å²) in [6.07, 6.45) is 4.06. The zero-order valence-electron chi connectivity index (χ0n) is 10.1. The summed E-state index contributed by atoms with van der Waals surface area (Å²) in [5.41, 5.74) is 7.01. The predicted molar refractivity (Wildman–Crippen MR) is 68.9 cm³/mol. The topological polar surface area (TPSA) is 88.8 Å². The maximum absolute atomic E-state index is 11.7. The van der Waals surface area contributed by atoms with E-state index in [0.29, 0.717) is 11.3 Å². The second-order valence-corrected chi connectivity index (χ2v) is 7.00. The lowest BCUT2D eigenvalue weighted by Crippen LogP contribution is -2.44. The number of hydrogen-bond acceptors (Lipinski definition) is 4. The molecule has 1 fully saturated rings. The van der Waals surface area contributed by atoms with Crippen molar-refractivity contribution in [2.24, 2.45) is 5.73 Å². The Morgan fingerprint density at radius 1 is 1.39 bits per heavy atom. The van der Waals surface area contributed by atoms with Gasteiger partial charge in [-0.3, -0.25) is 0 Å². The number of H-pyrrole nitrogens is 1. The van der Waals surface area contributed by atoms with Crippen LogP contribution in [0.5, 0.6) is 0 Å². The average molecular weight is 265 g/mol. The highest BCUT2D eigenvalue weighted by atomic mass is 32.2. The average Bonchev–Trinajstić information content (AvgIpc) is 2.67. The predicted octanol–water partition coefficient (Wildman–Crippen LogP) is 1.30. The van der Waals surface area contributed by atoms with Crippen LogP contribution < -0.4 is 5.73 Å². The molecule has 3 N–H and O–H groups in total. The van der Waals surface area contributed by atoms with E-state index in [1.165, 1.54) is 6.26 Å². The van der Waals surface area contributed by atoms with E-state index >= 15 is 0 Å². The minimum atomic E-state index is -3.27. The van der Waals surface area contributed by atoms with Gasteiger partial charge in [0.1, 0.15) is 11.3 Å². The summed E-state index contributed by atoms with van der Waals surface area (Å²) in [4.78, 5) is 7.82. The van der Waals surface area contributed by atoms with Crippen molar-refractivity contribution in [3.05, 3.63) is 24.0 Å². The fraction of sp³-hybridized carbons (Fsp3) is 0.417. The maximum Gasteiger partial charge on any atom is 0.177 e. The molecule has 1 aliphatic rings. The Hall–Kier alpha value is -1.40. The van der Waals surface area contributed by atoms with Gasteiger partial charge in [-0.2, -0.15) is 0 Å². The van der Waals surface area contributed by atoms with Crippen LogP contribution in [0.2, 0.25) is 0 Å². The molecule has 0 radical (unpaired) electrons. The molecule has 3 rings (SSSR count). The molecular weight excluding hydrogens is 250 g/mol. The number of sulfone groups is 1. The number of para-hydroxylation sites is 1. The van der Waals surface area contributed by atoms with E-state index in [-0.39, 0.29) is 4.90 Å². The van der Waals surface area contributed by atoms with Gasteiger partial charge in [-0.1, -0.05) is 6.07 Å². The first-order chi connectivity index (χ1) is 8.40. The van der Waals surface area contributed by atoms with Crippen molar-refractivity contribution in [3.63, 3.8) is 0 Å². The fourth-order valence-electron chi connectivity index (χ4n) is 2.34. The number of nitrogens with zero attached hydrogens (tertiary/aromatic N) is 1. The summed E-state index contributed by atoms with van der Waals surface area (Å²) in [6, 6.07) is 5.11. The van der Waals surface area contributed by atoms with Gasteiger partial charge in [-0.15, -0.1) is 0 Å². The van der Waals surface area contributed by atoms with Crippen LogP contribution in [0.4, 0.5) is 0 Å². The number of nitrogens with one attached hydrogen (secondary N) is 1. The lowest BCUT2D eigenvalue weighted by atomic mass is 9.77. The van der Waals surface area contributed by atoms with Crippen molar-refractivity contribution < 1.29 is 8.42 Å². The number of rotatable bonds is 2. The fourth-order valence-corrected chi connectivity index (χ4v) is 3.17. The zero-order valence-corrected chi connectivity index (χ0v) is 10.9. The molecule has 96 valence electrons. The van der Waals surface area contributed by atoms with E-state index in [1.54, 1.807) is 12.1 Å². The monoisotopic (exact) mass is 265 g/mol. The number of aromatic amines is 1. The SMILES string of the molecule is CS(=O)(=O)c1cccc2[nH]c(C3(N)CCC3)nc12. The van der Waals surface area contributed by atoms with Gasteiger partial charge >= 0.3 is 0 Å². The molecule has 1 aromatic carbocycles. The third kappa shape index (κ3) is 1.64.